The molecule has 0 aliphatic heterocycles. The quantitative estimate of drug-likeness (QED) is 0.370. The maximum atomic E-state index is 11.8. The van der Waals surface area contributed by atoms with Crippen molar-refractivity contribution in [3.05, 3.63) is 39.4 Å². The van der Waals surface area contributed by atoms with Crippen LogP contribution in [0.15, 0.2) is 18.2 Å². The minimum absolute atomic E-state index is 0.131. The van der Waals surface area contributed by atoms with E-state index in [0.29, 0.717) is 0 Å². The van der Waals surface area contributed by atoms with Crippen molar-refractivity contribution in [3.8, 4) is 0 Å². The van der Waals surface area contributed by atoms with Crippen LogP contribution in [0.5, 0.6) is 0 Å². The first kappa shape index (κ1) is 12.8. The second-order valence-electron chi connectivity index (χ2n) is 3.44. The molecule has 0 radical (unpaired) electrons. The molecule has 1 rings (SSSR count). The summed E-state index contributed by atoms with van der Waals surface area (Å²) in [5.74, 6) is -0.262. The van der Waals surface area contributed by atoms with Crippen LogP contribution < -0.4 is 0 Å². The minimum Gasteiger partial charge on any atom is -0.293 e. The van der Waals surface area contributed by atoms with Crippen molar-refractivity contribution in [1.82, 2.24) is 0 Å². The first-order valence-electron chi connectivity index (χ1n) is 4.93. The van der Waals surface area contributed by atoms with Gasteiger partial charge in [-0.3, -0.25) is 14.9 Å². The van der Waals surface area contributed by atoms with Gasteiger partial charge >= 0.3 is 0 Å². The van der Waals surface area contributed by atoms with Crippen LogP contribution in [0.1, 0.15) is 29.8 Å². The number of rotatable bonds is 4. The molecular formula is C11H12BrNO3. The predicted molar refractivity (Wildman–Crippen MR) is 65.2 cm³/mol. The summed E-state index contributed by atoms with van der Waals surface area (Å²) in [5, 5.41) is 10.8. The lowest BCUT2D eigenvalue weighted by molar-refractivity contribution is -0.385. The maximum absolute atomic E-state index is 11.8. The average molecular weight is 286 g/mol. The van der Waals surface area contributed by atoms with E-state index in [1.54, 1.807) is 19.1 Å². The molecule has 86 valence electrons. The van der Waals surface area contributed by atoms with Gasteiger partial charge in [-0.05, 0) is 25.0 Å². The summed E-state index contributed by atoms with van der Waals surface area (Å²) in [6.45, 7) is 3.59. The van der Waals surface area contributed by atoms with Crippen LogP contribution in [-0.4, -0.2) is 15.5 Å². The fourth-order valence-corrected chi connectivity index (χ4v) is 1.62. The highest BCUT2D eigenvalue weighted by Crippen LogP contribution is 2.23. The molecule has 1 aromatic rings. The normalized spacial score (nSPS) is 12.2. The third kappa shape index (κ3) is 2.66. The largest absolute Gasteiger partial charge is 0.293 e. The van der Waals surface area contributed by atoms with E-state index in [4.69, 9.17) is 0 Å². The number of carbonyl (C=O) groups is 1. The number of nitro groups is 1. The number of ketones is 1. The van der Waals surface area contributed by atoms with Gasteiger partial charge in [-0.15, -0.1) is 0 Å². The lowest BCUT2D eigenvalue weighted by atomic mass is 10.0. The number of nitrogens with zero attached hydrogens (tertiary/aromatic N) is 1. The summed E-state index contributed by atoms with van der Waals surface area (Å²) < 4.78 is 0. The number of carbonyl (C=O) groups excluding carboxylic acids is 1. The number of alkyl halides is 1. The van der Waals surface area contributed by atoms with E-state index < -0.39 is 9.75 Å². The molecule has 0 saturated heterocycles. The summed E-state index contributed by atoms with van der Waals surface area (Å²) in [4.78, 5) is 21.6. The number of benzene rings is 1. The Morgan fingerprint density at radius 3 is 2.62 bits per heavy atom. The van der Waals surface area contributed by atoms with Gasteiger partial charge < -0.3 is 0 Å². The minimum atomic E-state index is -0.526. The van der Waals surface area contributed by atoms with E-state index in [0.717, 1.165) is 12.0 Å². The average Bonchev–Trinajstić information content (AvgIpc) is 2.26. The lowest BCUT2D eigenvalue weighted by Gasteiger charge is -2.05. The summed E-state index contributed by atoms with van der Waals surface area (Å²) in [6.07, 6.45) is 0.745. The van der Waals surface area contributed by atoms with Crippen molar-refractivity contribution in [2.45, 2.75) is 25.1 Å². The molecule has 0 aliphatic carbocycles. The third-order valence-corrected chi connectivity index (χ3v) is 2.71. The van der Waals surface area contributed by atoms with E-state index in [1.807, 2.05) is 6.92 Å². The Balaban J connectivity index is 3.31. The van der Waals surface area contributed by atoms with Gasteiger partial charge in [0.2, 0.25) is 0 Å². The number of halogens is 1. The SMILES string of the molecule is CCc1ccc([N+](=O)[O-])c(C(=O)C(C)Br)c1. The van der Waals surface area contributed by atoms with Gasteiger partial charge in [0.15, 0.2) is 5.78 Å². The van der Waals surface area contributed by atoms with Gasteiger partial charge in [0.05, 0.1) is 15.3 Å². The highest BCUT2D eigenvalue weighted by Gasteiger charge is 2.22. The van der Waals surface area contributed by atoms with Crippen LogP contribution in [0, 0.1) is 10.1 Å². The molecule has 0 fully saturated rings. The van der Waals surface area contributed by atoms with Gasteiger partial charge in [0, 0.05) is 6.07 Å². The molecule has 5 heteroatoms. The van der Waals surface area contributed by atoms with Crippen molar-refractivity contribution in [2.75, 3.05) is 0 Å². The fourth-order valence-electron chi connectivity index (χ4n) is 1.37. The summed E-state index contributed by atoms with van der Waals surface area (Å²) >= 11 is 3.13. The second-order valence-corrected chi connectivity index (χ2v) is 4.82. The van der Waals surface area contributed by atoms with Gasteiger partial charge in [0.25, 0.3) is 5.69 Å². The van der Waals surface area contributed by atoms with Crippen LogP contribution in [0.4, 0.5) is 5.69 Å². The molecule has 0 spiro atoms. The molecule has 0 heterocycles. The fraction of sp³-hybridized carbons (Fsp3) is 0.364. The molecule has 1 aromatic carbocycles. The monoisotopic (exact) mass is 285 g/mol. The van der Waals surface area contributed by atoms with Crippen LogP contribution in [0.25, 0.3) is 0 Å². The van der Waals surface area contributed by atoms with Gasteiger partial charge in [-0.2, -0.15) is 0 Å². The molecule has 0 aromatic heterocycles. The molecular weight excluding hydrogens is 274 g/mol. The van der Waals surface area contributed by atoms with E-state index in [-0.39, 0.29) is 17.0 Å². The van der Waals surface area contributed by atoms with Crippen molar-refractivity contribution >= 4 is 27.4 Å². The second kappa shape index (κ2) is 5.21. The number of nitro benzene ring substituents is 1. The Hall–Kier alpha value is -1.23. The molecule has 1 unspecified atom stereocenters. The zero-order valence-electron chi connectivity index (χ0n) is 9.07. The number of aryl methyl sites for hydroxylation is 1. The van der Waals surface area contributed by atoms with Gasteiger partial charge in [0.1, 0.15) is 0 Å². The smallest absolute Gasteiger partial charge is 0.280 e. The number of hydrogen-bond acceptors (Lipinski definition) is 3. The molecule has 0 bridgehead atoms. The highest BCUT2D eigenvalue weighted by molar-refractivity contribution is 9.10. The van der Waals surface area contributed by atoms with E-state index >= 15 is 0 Å². The lowest BCUT2D eigenvalue weighted by Crippen LogP contribution is -2.12. The molecule has 1 atom stereocenters. The van der Waals surface area contributed by atoms with Crippen molar-refractivity contribution in [3.63, 3.8) is 0 Å². The highest BCUT2D eigenvalue weighted by atomic mass is 79.9. The summed E-state index contributed by atoms with van der Waals surface area (Å²) in [5.41, 5.74) is 0.962. The molecule has 0 aliphatic rings. The first-order valence-corrected chi connectivity index (χ1v) is 5.84. The van der Waals surface area contributed by atoms with E-state index in [9.17, 15) is 14.9 Å². The Labute approximate surface area is 102 Å². The number of Topliss-reactive ketones (excluding diaryl/α,β-unsaturated/α-hetero) is 1. The van der Waals surface area contributed by atoms with Crippen molar-refractivity contribution in [2.24, 2.45) is 0 Å². The summed E-state index contributed by atoms with van der Waals surface area (Å²) in [6, 6.07) is 4.66. The molecule has 0 saturated carbocycles. The van der Waals surface area contributed by atoms with Gasteiger partial charge in [-0.25, -0.2) is 0 Å². The summed E-state index contributed by atoms with van der Waals surface area (Å²) in [7, 11) is 0. The molecule has 4 nitrogen and oxygen atoms in total. The van der Waals surface area contributed by atoms with Crippen molar-refractivity contribution < 1.29 is 9.72 Å². The van der Waals surface area contributed by atoms with Crippen LogP contribution >= 0.6 is 15.9 Å². The molecule has 0 amide bonds. The molecule has 16 heavy (non-hydrogen) atoms. The Morgan fingerprint density at radius 1 is 1.56 bits per heavy atom. The zero-order valence-corrected chi connectivity index (χ0v) is 10.7. The van der Waals surface area contributed by atoms with Crippen molar-refractivity contribution in [1.29, 1.82) is 0 Å². The predicted octanol–water partition coefficient (Wildman–Crippen LogP) is 3.12. The molecule has 0 N–H and O–H groups in total. The number of hydrogen-bond donors (Lipinski definition) is 0. The topological polar surface area (TPSA) is 60.2 Å². The van der Waals surface area contributed by atoms with Crippen LogP contribution in [-0.2, 0) is 6.42 Å². The first-order chi connectivity index (χ1) is 7.47. The Bertz CT molecular complexity index is 429. The Morgan fingerprint density at radius 2 is 2.19 bits per heavy atom. The standard InChI is InChI=1S/C11H12BrNO3/c1-3-8-4-5-10(13(15)16)9(6-8)11(14)7(2)12/h4-7H,3H2,1-2H3. The van der Waals surface area contributed by atoms with Crippen LogP contribution in [0.2, 0.25) is 0 Å². The van der Waals surface area contributed by atoms with Gasteiger partial charge in [-0.1, -0.05) is 28.9 Å². The van der Waals surface area contributed by atoms with E-state index in [1.165, 1.54) is 6.07 Å². The van der Waals surface area contributed by atoms with E-state index in [2.05, 4.69) is 15.9 Å². The maximum Gasteiger partial charge on any atom is 0.280 e. The third-order valence-electron chi connectivity index (χ3n) is 2.29. The Kier molecular flexibility index (Phi) is 4.18. The van der Waals surface area contributed by atoms with Crippen LogP contribution in [0.3, 0.4) is 0 Å². The zero-order chi connectivity index (χ0) is 12.3.